The van der Waals surface area contributed by atoms with Crippen LogP contribution in [0, 0.1) is 0 Å². The second-order valence-electron chi connectivity index (χ2n) is 5.14. The SMILES string of the molecule is CCCCS(=O)(=O)NCC1(c2ccccc2)CC1. The molecule has 0 aromatic heterocycles. The molecular weight excluding hydrogens is 246 g/mol. The molecule has 4 heteroatoms. The van der Waals surface area contributed by atoms with Crippen LogP contribution in [-0.4, -0.2) is 20.7 Å². The van der Waals surface area contributed by atoms with Gasteiger partial charge in [-0.3, -0.25) is 0 Å². The highest BCUT2D eigenvalue weighted by molar-refractivity contribution is 7.89. The lowest BCUT2D eigenvalue weighted by molar-refractivity contribution is 0.564. The summed E-state index contributed by atoms with van der Waals surface area (Å²) in [6, 6.07) is 10.2. The predicted octanol–water partition coefficient (Wildman–Crippen LogP) is 2.44. The zero-order valence-corrected chi connectivity index (χ0v) is 11.7. The summed E-state index contributed by atoms with van der Waals surface area (Å²) in [6.45, 7) is 2.55. The summed E-state index contributed by atoms with van der Waals surface area (Å²) in [7, 11) is -3.09. The highest BCUT2D eigenvalue weighted by Crippen LogP contribution is 2.47. The maximum atomic E-state index is 11.8. The van der Waals surface area contributed by atoms with Gasteiger partial charge in [-0.25, -0.2) is 13.1 Å². The third kappa shape index (κ3) is 3.33. The molecule has 0 radical (unpaired) electrons. The first kappa shape index (κ1) is 13.6. The molecule has 0 atom stereocenters. The Bertz CT molecular complexity index is 478. The zero-order chi connectivity index (χ0) is 13.1. The molecule has 3 nitrogen and oxygen atoms in total. The topological polar surface area (TPSA) is 46.2 Å². The summed E-state index contributed by atoms with van der Waals surface area (Å²) in [5.41, 5.74) is 1.31. The van der Waals surface area contributed by atoms with E-state index < -0.39 is 10.0 Å². The van der Waals surface area contributed by atoms with E-state index in [1.165, 1.54) is 5.56 Å². The number of unbranched alkanes of at least 4 members (excludes halogenated alkanes) is 1. The number of hydrogen-bond acceptors (Lipinski definition) is 2. The van der Waals surface area contributed by atoms with Gasteiger partial charge in [0, 0.05) is 12.0 Å². The number of sulfonamides is 1. The van der Waals surface area contributed by atoms with Crippen molar-refractivity contribution >= 4 is 10.0 Å². The van der Waals surface area contributed by atoms with Crippen molar-refractivity contribution in [2.75, 3.05) is 12.3 Å². The quantitative estimate of drug-likeness (QED) is 0.824. The fourth-order valence-corrected chi connectivity index (χ4v) is 3.47. The van der Waals surface area contributed by atoms with Crippen molar-refractivity contribution < 1.29 is 8.42 Å². The Balaban J connectivity index is 1.95. The van der Waals surface area contributed by atoms with Gasteiger partial charge in [-0.1, -0.05) is 43.7 Å². The van der Waals surface area contributed by atoms with E-state index in [0.29, 0.717) is 6.54 Å². The Morgan fingerprint density at radius 1 is 1.22 bits per heavy atom. The highest BCUT2D eigenvalue weighted by atomic mass is 32.2. The van der Waals surface area contributed by atoms with Gasteiger partial charge in [0.15, 0.2) is 0 Å². The molecule has 0 unspecified atom stereocenters. The van der Waals surface area contributed by atoms with E-state index >= 15 is 0 Å². The van der Waals surface area contributed by atoms with E-state index in [1.807, 2.05) is 25.1 Å². The first-order valence-electron chi connectivity index (χ1n) is 6.61. The summed E-state index contributed by atoms with van der Waals surface area (Å²) >= 11 is 0. The summed E-state index contributed by atoms with van der Waals surface area (Å²) in [4.78, 5) is 0. The van der Waals surface area contributed by atoms with Crippen LogP contribution in [0.25, 0.3) is 0 Å². The molecule has 0 amide bonds. The van der Waals surface area contributed by atoms with E-state index in [9.17, 15) is 8.42 Å². The van der Waals surface area contributed by atoms with Crippen molar-refractivity contribution in [3.63, 3.8) is 0 Å². The lowest BCUT2D eigenvalue weighted by atomic mass is 9.96. The van der Waals surface area contributed by atoms with Gasteiger partial charge in [-0.2, -0.15) is 0 Å². The van der Waals surface area contributed by atoms with Gasteiger partial charge >= 0.3 is 0 Å². The number of benzene rings is 1. The fourth-order valence-electron chi connectivity index (χ4n) is 2.16. The maximum absolute atomic E-state index is 11.8. The van der Waals surface area contributed by atoms with E-state index in [2.05, 4.69) is 16.9 Å². The third-order valence-corrected chi connectivity index (χ3v) is 5.05. The average molecular weight is 267 g/mol. The minimum Gasteiger partial charge on any atom is -0.214 e. The molecule has 0 spiro atoms. The van der Waals surface area contributed by atoms with Crippen molar-refractivity contribution in [1.29, 1.82) is 0 Å². The van der Waals surface area contributed by atoms with Crippen molar-refractivity contribution in [2.45, 2.75) is 38.0 Å². The van der Waals surface area contributed by atoms with Crippen molar-refractivity contribution in [1.82, 2.24) is 4.72 Å². The predicted molar refractivity (Wildman–Crippen MR) is 74.1 cm³/mol. The van der Waals surface area contributed by atoms with Crippen LogP contribution in [0.15, 0.2) is 30.3 Å². The van der Waals surface area contributed by atoms with E-state index in [1.54, 1.807) is 0 Å². The van der Waals surface area contributed by atoms with Crippen LogP contribution in [0.4, 0.5) is 0 Å². The molecule has 0 aliphatic heterocycles. The lowest BCUT2D eigenvalue weighted by Crippen LogP contribution is -2.33. The van der Waals surface area contributed by atoms with Gasteiger partial charge < -0.3 is 0 Å². The van der Waals surface area contributed by atoms with Gasteiger partial charge in [0.05, 0.1) is 5.75 Å². The van der Waals surface area contributed by atoms with Crippen LogP contribution in [0.3, 0.4) is 0 Å². The second-order valence-corrected chi connectivity index (χ2v) is 7.07. The van der Waals surface area contributed by atoms with Crippen molar-refractivity contribution in [3.8, 4) is 0 Å². The maximum Gasteiger partial charge on any atom is 0.211 e. The van der Waals surface area contributed by atoms with Gasteiger partial charge in [0.1, 0.15) is 0 Å². The Labute approximate surface area is 110 Å². The molecule has 1 aromatic carbocycles. The molecule has 0 bridgehead atoms. The first-order chi connectivity index (χ1) is 8.58. The van der Waals surface area contributed by atoms with Crippen molar-refractivity contribution in [3.05, 3.63) is 35.9 Å². The van der Waals surface area contributed by atoms with Crippen LogP contribution in [0.2, 0.25) is 0 Å². The van der Waals surface area contributed by atoms with Crippen LogP contribution >= 0.6 is 0 Å². The van der Waals surface area contributed by atoms with Crippen LogP contribution in [0.5, 0.6) is 0 Å². The molecule has 0 heterocycles. The molecule has 1 aliphatic rings. The summed E-state index contributed by atoms with van der Waals surface area (Å²) < 4.78 is 26.3. The lowest BCUT2D eigenvalue weighted by Gasteiger charge is -2.16. The summed E-state index contributed by atoms with van der Waals surface area (Å²) in [6.07, 6.45) is 3.79. The molecule has 1 aliphatic carbocycles. The van der Waals surface area contributed by atoms with Gasteiger partial charge in [-0.05, 0) is 24.8 Å². The Hall–Kier alpha value is -0.870. The molecule has 0 saturated heterocycles. The molecule has 18 heavy (non-hydrogen) atoms. The van der Waals surface area contributed by atoms with E-state index in [4.69, 9.17) is 0 Å². The molecule has 2 rings (SSSR count). The van der Waals surface area contributed by atoms with Gasteiger partial charge in [-0.15, -0.1) is 0 Å². The number of hydrogen-bond donors (Lipinski definition) is 1. The molecule has 100 valence electrons. The molecule has 1 saturated carbocycles. The normalized spacial score (nSPS) is 17.6. The van der Waals surface area contributed by atoms with E-state index in [0.717, 1.165) is 25.7 Å². The smallest absolute Gasteiger partial charge is 0.211 e. The van der Waals surface area contributed by atoms with Crippen LogP contribution in [0.1, 0.15) is 38.2 Å². The Kier molecular flexibility index (Phi) is 4.07. The van der Waals surface area contributed by atoms with Crippen LogP contribution in [-0.2, 0) is 15.4 Å². The molecule has 1 N–H and O–H groups in total. The van der Waals surface area contributed by atoms with Gasteiger partial charge in [0.2, 0.25) is 10.0 Å². The molecule has 1 aromatic rings. The van der Waals surface area contributed by atoms with Crippen molar-refractivity contribution in [2.24, 2.45) is 0 Å². The fraction of sp³-hybridized carbons (Fsp3) is 0.571. The number of nitrogens with one attached hydrogen (secondary N) is 1. The summed E-state index contributed by atoms with van der Waals surface area (Å²) in [5.74, 6) is 0.244. The zero-order valence-electron chi connectivity index (χ0n) is 10.9. The number of rotatable bonds is 7. The second kappa shape index (κ2) is 5.41. The highest BCUT2D eigenvalue weighted by Gasteiger charge is 2.44. The minimum atomic E-state index is -3.09. The van der Waals surface area contributed by atoms with Gasteiger partial charge in [0.25, 0.3) is 0 Å². The van der Waals surface area contributed by atoms with Crippen LogP contribution < -0.4 is 4.72 Å². The molecule has 1 fully saturated rings. The Morgan fingerprint density at radius 3 is 2.44 bits per heavy atom. The standard InChI is InChI=1S/C14H21NO2S/c1-2-3-11-18(16,17)15-12-14(9-10-14)13-7-5-4-6-8-13/h4-8,15H,2-3,9-12H2,1H3. The summed E-state index contributed by atoms with van der Waals surface area (Å²) in [5, 5.41) is 0. The monoisotopic (exact) mass is 267 g/mol. The largest absolute Gasteiger partial charge is 0.214 e. The third-order valence-electron chi connectivity index (χ3n) is 3.64. The Morgan fingerprint density at radius 2 is 1.89 bits per heavy atom. The molecular formula is C14H21NO2S. The minimum absolute atomic E-state index is 0.0561. The average Bonchev–Trinajstić information content (AvgIpc) is 3.17. The first-order valence-corrected chi connectivity index (χ1v) is 8.26. The van der Waals surface area contributed by atoms with E-state index in [-0.39, 0.29) is 11.2 Å².